The summed E-state index contributed by atoms with van der Waals surface area (Å²) in [6.07, 6.45) is 14.2. The highest BCUT2D eigenvalue weighted by atomic mass is 14.9. The fraction of sp³-hybridized carbons (Fsp3) is 0.0968. The van der Waals surface area contributed by atoms with Crippen molar-refractivity contribution in [2.24, 2.45) is 0 Å². The average molecular weight is 459 g/mol. The summed E-state index contributed by atoms with van der Waals surface area (Å²) in [5.41, 5.74) is 15.1. The lowest BCUT2D eigenvalue weighted by Gasteiger charge is -2.17. The van der Waals surface area contributed by atoms with Crippen molar-refractivity contribution in [3.63, 3.8) is 0 Å². The molecule has 1 heterocycles. The van der Waals surface area contributed by atoms with Crippen LogP contribution in [-0.4, -0.2) is 17.0 Å². The van der Waals surface area contributed by atoms with E-state index >= 15 is 0 Å². The van der Waals surface area contributed by atoms with Gasteiger partial charge in [0.05, 0.1) is 22.8 Å². The van der Waals surface area contributed by atoms with Crippen molar-refractivity contribution < 1.29 is 0 Å². The molecule has 1 aromatic heterocycles. The van der Waals surface area contributed by atoms with Gasteiger partial charge in [-0.1, -0.05) is 72.8 Å². The van der Waals surface area contributed by atoms with Gasteiger partial charge in [-0.2, -0.15) is 0 Å². The number of allylic oxidation sites excluding steroid dienone is 4. The minimum Gasteiger partial charge on any atom is -0.399 e. The van der Waals surface area contributed by atoms with Crippen molar-refractivity contribution in [1.29, 1.82) is 0 Å². The van der Waals surface area contributed by atoms with Crippen LogP contribution < -0.4 is 11.1 Å². The van der Waals surface area contributed by atoms with E-state index in [9.17, 15) is 0 Å². The molecular weight excluding hydrogens is 428 g/mol. The molecule has 4 nitrogen and oxygen atoms in total. The maximum atomic E-state index is 6.13. The van der Waals surface area contributed by atoms with Crippen LogP contribution in [0.4, 0.5) is 11.4 Å². The van der Waals surface area contributed by atoms with E-state index in [1.807, 2.05) is 81.6 Å². The minimum absolute atomic E-state index is 0.695. The van der Waals surface area contributed by atoms with E-state index in [1.54, 1.807) is 0 Å². The van der Waals surface area contributed by atoms with Gasteiger partial charge in [0, 0.05) is 35.1 Å². The molecule has 0 bridgehead atoms. The predicted molar refractivity (Wildman–Crippen MR) is 151 cm³/mol. The summed E-state index contributed by atoms with van der Waals surface area (Å²) in [6, 6.07) is 26.2. The van der Waals surface area contributed by atoms with Crippen LogP contribution >= 0.6 is 0 Å². The van der Waals surface area contributed by atoms with E-state index in [1.165, 1.54) is 0 Å². The number of hydrogen-bond acceptors (Lipinski definition) is 4. The van der Waals surface area contributed by atoms with Crippen LogP contribution in [0.2, 0.25) is 0 Å². The zero-order valence-electron chi connectivity index (χ0n) is 20.4. The number of hydrogen-bond donors (Lipinski definition) is 2. The first-order valence-electron chi connectivity index (χ1n) is 11.4. The molecular formula is C31H30N4. The third-order valence-corrected chi connectivity index (χ3v) is 5.46. The monoisotopic (exact) mass is 458 g/mol. The largest absolute Gasteiger partial charge is 0.399 e. The quantitative estimate of drug-likeness (QED) is 0.180. The maximum Gasteiger partial charge on any atom is 0.0974 e. The van der Waals surface area contributed by atoms with E-state index < -0.39 is 0 Å². The van der Waals surface area contributed by atoms with Gasteiger partial charge in [-0.3, -0.25) is 0 Å². The normalized spacial score (nSPS) is 11.1. The van der Waals surface area contributed by atoms with Gasteiger partial charge in [0.1, 0.15) is 0 Å². The van der Waals surface area contributed by atoms with Crippen LogP contribution in [-0.2, 0) is 0 Å². The number of nitrogens with one attached hydrogen (secondary N) is 1. The predicted octanol–water partition coefficient (Wildman–Crippen LogP) is 7.33. The molecule has 0 fully saturated rings. The van der Waals surface area contributed by atoms with Gasteiger partial charge >= 0.3 is 0 Å². The third kappa shape index (κ3) is 5.66. The van der Waals surface area contributed by atoms with Gasteiger partial charge in [-0.05, 0) is 43.7 Å². The molecule has 3 N–H and O–H groups in total. The van der Waals surface area contributed by atoms with Crippen molar-refractivity contribution in [2.75, 3.05) is 18.1 Å². The molecule has 4 heteroatoms. The van der Waals surface area contributed by atoms with Gasteiger partial charge in [0.25, 0.3) is 0 Å². The summed E-state index contributed by atoms with van der Waals surface area (Å²) in [6.45, 7) is 4.03. The summed E-state index contributed by atoms with van der Waals surface area (Å²) in [5, 5.41) is 3.22. The lowest BCUT2D eigenvalue weighted by molar-refractivity contribution is 1.18. The Morgan fingerprint density at radius 1 is 0.771 bits per heavy atom. The van der Waals surface area contributed by atoms with E-state index in [-0.39, 0.29) is 0 Å². The molecule has 0 aliphatic rings. The van der Waals surface area contributed by atoms with Crippen molar-refractivity contribution in [1.82, 2.24) is 9.97 Å². The summed E-state index contributed by atoms with van der Waals surface area (Å²) in [5.74, 6) is 0. The zero-order chi connectivity index (χ0) is 25.2. The number of aromatic nitrogens is 2. The third-order valence-electron chi connectivity index (χ3n) is 5.46. The van der Waals surface area contributed by atoms with Crippen LogP contribution in [0, 0.1) is 12.8 Å². The van der Waals surface area contributed by atoms with Crippen LogP contribution in [0.25, 0.3) is 39.3 Å². The average Bonchev–Trinajstić information content (AvgIpc) is 2.92. The highest BCUT2D eigenvalue weighted by molar-refractivity contribution is 5.88. The van der Waals surface area contributed by atoms with Gasteiger partial charge in [0.15, 0.2) is 0 Å². The van der Waals surface area contributed by atoms with E-state index in [0.717, 1.165) is 50.7 Å². The molecule has 0 amide bonds. The van der Waals surface area contributed by atoms with Crippen LogP contribution in [0.15, 0.2) is 97.1 Å². The summed E-state index contributed by atoms with van der Waals surface area (Å²) >= 11 is 0. The van der Waals surface area contributed by atoms with Crippen molar-refractivity contribution in [2.45, 2.75) is 13.8 Å². The second-order valence-electron chi connectivity index (χ2n) is 7.68. The molecule has 0 saturated heterocycles. The molecule has 0 spiro atoms. The lowest BCUT2D eigenvalue weighted by Crippen LogP contribution is -2.03. The SMILES string of the molecule is C#C.C/C=C\C(=C/C)c1nc(-c2cccc(N)c2)c(-c2ccccc2)nc1-c1cccc(NC)c1. The Morgan fingerprint density at radius 3 is 2.03 bits per heavy atom. The first-order chi connectivity index (χ1) is 17.1. The van der Waals surface area contributed by atoms with Crippen molar-refractivity contribution in [3.05, 3.63) is 103 Å². The number of nitrogen functional groups attached to an aromatic ring is 1. The second kappa shape index (κ2) is 12.0. The van der Waals surface area contributed by atoms with Crippen molar-refractivity contribution >= 4 is 16.9 Å². The molecule has 3 aromatic carbocycles. The van der Waals surface area contributed by atoms with Crippen molar-refractivity contribution in [3.8, 4) is 46.6 Å². The Morgan fingerprint density at radius 2 is 1.40 bits per heavy atom. The second-order valence-corrected chi connectivity index (χ2v) is 7.68. The zero-order valence-corrected chi connectivity index (χ0v) is 20.4. The molecule has 35 heavy (non-hydrogen) atoms. The highest BCUT2D eigenvalue weighted by Crippen LogP contribution is 2.36. The molecule has 0 aliphatic carbocycles. The molecule has 0 saturated carbocycles. The van der Waals surface area contributed by atoms with Crippen LogP contribution in [0.5, 0.6) is 0 Å². The molecule has 0 unspecified atom stereocenters. The molecule has 0 atom stereocenters. The molecule has 0 radical (unpaired) electrons. The lowest BCUT2D eigenvalue weighted by atomic mass is 9.98. The number of anilines is 2. The molecule has 4 aromatic rings. The summed E-state index contributed by atoms with van der Waals surface area (Å²) < 4.78 is 0. The number of nitrogens with zero attached hydrogens (tertiary/aromatic N) is 2. The fourth-order valence-electron chi connectivity index (χ4n) is 3.84. The first kappa shape index (κ1) is 25.0. The van der Waals surface area contributed by atoms with Gasteiger partial charge in [-0.25, -0.2) is 9.97 Å². The Kier molecular flexibility index (Phi) is 8.59. The summed E-state index contributed by atoms with van der Waals surface area (Å²) in [4.78, 5) is 10.5. The van der Waals surface area contributed by atoms with Crippen LogP contribution in [0.1, 0.15) is 19.5 Å². The number of benzene rings is 3. The fourth-order valence-corrected chi connectivity index (χ4v) is 3.84. The molecule has 0 aliphatic heterocycles. The van der Waals surface area contributed by atoms with Gasteiger partial charge in [-0.15, -0.1) is 12.8 Å². The Hall–Kier alpha value is -4.62. The standard InChI is InChI=1S/C29H28N4.C2H2/c1-4-11-20(5-2)26-29(23-15-10-17-25(19-23)31-3)33-27(21-12-7-6-8-13-21)28(32-26)22-14-9-16-24(30)18-22;1-2/h4-19,31H,30H2,1-3H3;1-2H/b11-4-,20-5+;. The van der Waals surface area contributed by atoms with E-state index in [2.05, 4.69) is 54.6 Å². The number of terminal acetylenes is 1. The number of nitrogens with two attached hydrogens (primary N) is 1. The highest BCUT2D eigenvalue weighted by Gasteiger charge is 2.19. The smallest absolute Gasteiger partial charge is 0.0974 e. The van der Waals surface area contributed by atoms with Gasteiger partial charge in [0.2, 0.25) is 0 Å². The Labute approximate surface area is 208 Å². The maximum absolute atomic E-state index is 6.13. The summed E-state index contributed by atoms with van der Waals surface area (Å²) in [7, 11) is 1.92. The Bertz CT molecular complexity index is 1370. The first-order valence-corrected chi connectivity index (χ1v) is 11.4. The van der Waals surface area contributed by atoms with E-state index in [0.29, 0.717) is 5.69 Å². The Balaban J connectivity index is 0.00000167. The van der Waals surface area contributed by atoms with E-state index in [4.69, 9.17) is 15.7 Å². The molecule has 4 rings (SSSR count). The van der Waals surface area contributed by atoms with Crippen LogP contribution in [0.3, 0.4) is 0 Å². The number of rotatable bonds is 6. The topological polar surface area (TPSA) is 63.8 Å². The minimum atomic E-state index is 0.695. The van der Waals surface area contributed by atoms with Gasteiger partial charge < -0.3 is 11.1 Å². The molecule has 174 valence electrons.